The van der Waals surface area contributed by atoms with Crippen LogP contribution in [-0.4, -0.2) is 19.2 Å². The minimum absolute atomic E-state index is 0.202. The summed E-state index contributed by atoms with van der Waals surface area (Å²) in [5.41, 5.74) is 5.28. The number of nitrogens with zero attached hydrogens (tertiary/aromatic N) is 1. The lowest BCUT2D eigenvalue weighted by Crippen LogP contribution is -2.36. The summed E-state index contributed by atoms with van der Waals surface area (Å²) in [6.07, 6.45) is 7.71. The van der Waals surface area contributed by atoms with Gasteiger partial charge in [-0.25, -0.2) is 4.79 Å². The maximum atomic E-state index is 12.2. The monoisotopic (exact) mass is 303 g/mol. The largest absolute Gasteiger partial charge is 0.449 e. The molecule has 0 fully saturated rings. The first-order valence-corrected chi connectivity index (χ1v) is 8.80. The zero-order chi connectivity index (χ0) is 15.9. The summed E-state index contributed by atoms with van der Waals surface area (Å²) < 4.78 is 5.22. The fraction of sp³-hybridized carbons (Fsp3) is 0.632. The lowest BCUT2D eigenvalue weighted by Gasteiger charge is -2.30. The minimum atomic E-state index is -0.202. The summed E-state index contributed by atoms with van der Waals surface area (Å²) in [5, 5.41) is 0. The molecule has 1 aromatic rings. The molecule has 3 nitrogen and oxygen atoms in total. The summed E-state index contributed by atoms with van der Waals surface area (Å²) >= 11 is 0. The van der Waals surface area contributed by atoms with Crippen molar-refractivity contribution in [2.45, 2.75) is 65.7 Å². The fourth-order valence-electron chi connectivity index (χ4n) is 3.22. The van der Waals surface area contributed by atoms with Gasteiger partial charge in [-0.15, -0.1) is 0 Å². The van der Waals surface area contributed by atoms with Crippen molar-refractivity contribution < 1.29 is 9.53 Å². The molecule has 0 spiro atoms. The van der Waals surface area contributed by atoms with E-state index in [0.717, 1.165) is 44.3 Å². The average Bonchev–Trinajstić information content (AvgIpc) is 2.52. The molecule has 0 aromatic heterocycles. The van der Waals surface area contributed by atoms with Crippen molar-refractivity contribution in [3.05, 3.63) is 28.8 Å². The van der Waals surface area contributed by atoms with Crippen molar-refractivity contribution in [1.82, 2.24) is 0 Å². The molecular weight excluding hydrogens is 274 g/mol. The molecule has 0 bridgehead atoms. The second-order valence-corrected chi connectivity index (χ2v) is 6.06. The topological polar surface area (TPSA) is 29.5 Å². The maximum Gasteiger partial charge on any atom is 0.414 e. The van der Waals surface area contributed by atoms with Gasteiger partial charge in [0, 0.05) is 6.54 Å². The quantitative estimate of drug-likeness (QED) is 0.748. The Morgan fingerprint density at radius 3 is 2.59 bits per heavy atom. The number of carbonyl (C=O) groups excluding carboxylic acids is 1. The molecule has 0 unspecified atom stereocenters. The van der Waals surface area contributed by atoms with Crippen LogP contribution in [0.2, 0.25) is 0 Å². The van der Waals surface area contributed by atoms with Crippen LogP contribution in [0.3, 0.4) is 0 Å². The van der Waals surface area contributed by atoms with E-state index in [2.05, 4.69) is 26.0 Å². The number of amides is 1. The lowest BCUT2D eigenvalue weighted by molar-refractivity contribution is 0.159. The third kappa shape index (κ3) is 3.82. The molecule has 0 N–H and O–H groups in total. The van der Waals surface area contributed by atoms with Crippen molar-refractivity contribution in [2.24, 2.45) is 0 Å². The lowest BCUT2D eigenvalue weighted by atomic mass is 9.91. The molecule has 0 radical (unpaired) electrons. The molecule has 3 heteroatoms. The van der Waals surface area contributed by atoms with E-state index in [1.807, 2.05) is 11.8 Å². The van der Waals surface area contributed by atoms with E-state index in [4.69, 9.17) is 4.74 Å². The molecule has 122 valence electrons. The molecule has 0 saturated heterocycles. The highest BCUT2D eigenvalue weighted by atomic mass is 16.6. The molecule has 1 aromatic carbocycles. The summed E-state index contributed by atoms with van der Waals surface area (Å²) in [7, 11) is 0. The van der Waals surface area contributed by atoms with Gasteiger partial charge in [0.25, 0.3) is 0 Å². The molecule has 1 amide bonds. The Bertz CT molecular complexity index is 510. The van der Waals surface area contributed by atoms with Crippen LogP contribution >= 0.6 is 0 Å². The smallest absolute Gasteiger partial charge is 0.414 e. The Balaban J connectivity index is 2.35. The number of aryl methyl sites for hydroxylation is 3. The van der Waals surface area contributed by atoms with Crippen LogP contribution in [0.25, 0.3) is 0 Å². The molecule has 1 aliphatic rings. The Morgan fingerprint density at radius 2 is 1.91 bits per heavy atom. The minimum Gasteiger partial charge on any atom is -0.449 e. The first-order valence-electron chi connectivity index (χ1n) is 8.80. The van der Waals surface area contributed by atoms with E-state index in [-0.39, 0.29) is 6.09 Å². The van der Waals surface area contributed by atoms with Crippen LogP contribution in [0.5, 0.6) is 0 Å². The second-order valence-electron chi connectivity index (χ2n) is 6.06. The molecule has 0 saturated carbocycles. The highest BCUT2D eigenvalue weighted by molar-refractivity contribution is 5.89. The molecule has 22 heavy (non-hydrogen) atoms. The number of benzene rings is 1. The number of hydrogen-bond acceptors (Lipinski definition) is 2. The van der Waals surface area contributed by atoms with Crippen molar-refractivity contribution in [3.63, 3.8) is 0 Å². The number of fused-ring (bicyclic) bond motifs is 1. The summed E-state index contributed by atoms with van der Waals surface area (Å²) in [6.45, 7) is 7.51. The van der Waals surface area contributed by atoms with Gasteiger partial charge in [0.05, 0.1) is 12.3 Å². The van der Waals surface area contributed by atoms with Crippen molar-refractivity contribution in [1.29, 1.82) is 0 Å². The van der Waals surface area contributed by atoms with Gasteiger partial charge in [0.1, 0.15) is 0 Å². The van der Waals surface area contributed by atoms with Crippen LogP contribution < -0.4 is 4.90 Å². The maximum absolute atomic E-state index is 12.2. The van der Waals surface area contributed by atoms with Crippen molar-refractivity contribution in [2.75, 3.05) is 18.1 Å². The molecule has 0 atom stereocenters. The van der Waals surface area contributed by atoms with Gasteiger partial charge >= 0.3 is 6.09 Å². The third-order valence-corrected chi connectivity index (χ3v) is 4.33. The number of ether oxygens (including phenoxy) is 1. The molecule has 1 aliphatic heterocycles. The Kier molecular flexibility index (Phi) is 6.29. The number of hydrogen-bond donors (Lipinski definition) is 0. The summed E-state index contributed by atoms with van der Waals surface area (Å²) in [6, 6.07) is 4.60. The van der Waals surface area contributed by atoms with E-state index < -0.39 is 0 Å². The number of unbranched alkanes of at least 4 members (excludes halogenated alkanes) is 1. The Labute approximate surface area is 134 Å². The highest BCUT2D eigenvalue weighted by Gasteiger charge is 2.24. The van der Waals surface area contributed by atoms with Crippen LogP contribution in [0.15, 0.2) is 12.1 Å². The van der Waals surface area contributed by atoms with Crippen LogP contribution in [0, 0.1) is 0 Å². The van der Waals surface area contributed by atoms with Gasteiger partial charge in [0.15, 0.2) is 0 Å². The van der Waals surface area contributed by atoms with Gasteiger partial charge in [-0.05, 0) is 61.8 Å². The standard InChI is InChI=1S/C19H29NO2/c1-4-7-10-16-13-17-11-8-12-20(19(21)22-6-3)18(17)14-15(16)9-5-2/h13-14H,4-12H2,1-3H3. The normalized spacial score (nSPS) is 13.9. The van der Waals surface area contributed by atoms with Crippen molar-refractivity contribution in [3.8, 4) is 0 Å². The summed E-state index contributed by atoms with van der Waals surface area (Å²) in [4.78, 5) is 14.0. The molecule has 2 rings (SSSR count). The van der Waals surface area contributed by atoms with Crippen LogP contribution in [0.1, 0.15) is 63.1 Å². The fourth-order valence-corrected chi connectivity index (χ4v) is 3.22. The van der Waals surface area contributed by atoms with Crippen LogP contribution in [0.4, 0.5) is 10.5 Å². The second kappa shape index (κ2) is 8.21. The van der Waals surface area contributed by atoms with Gasteiger partial charge in [-0.3, -0.25) is 4.90 Å². The van der Waals surface area contributed by atoms with E-state index in [0.29, 0.717) is 6.61 Å². The van der Waals surface area contributed by atoms with Gasteiger partial charge in [-0.1, -0.05) is 32.8 Å². The number of carbonyl (C=O) groups is 1. The van der Waals surface area contributed by atoms with Crippen LogP contribution in [-0.2, 0) is 24.0 Å². The first kappa shape index (κ1) is 16.9. The van der Waals surface area contributed by atoms with E-state index in [1.165, 1.54) is 29.5 Å². The number of anilines is 1. The summed E-state index contributed by atoms with van der Waals surface area (Å²) in [5.74, 6) is 0. The third-order valence-electron chi connectivity index (χ3n) is 4.33. The predicted molar refractivity (Wildman–Crippen MR) is 91.7 cm³/mol. The van der Waals surface area contributed by atoms with E-state index in [1.54, 1.807) is 0 Å². The number of rotatable bonds is 6. The van der Waals surface area contributed by atoms with Gasteiger partial charge in [0.2, 0.25) is 0 Å². The average molecular weight is 303 g/mol. The van der Waals surface area contributed by atoms with Crippen molar-refractivity contribution >= 4 is 11.8 Å². The van der Waals surface area contributed by atoms with E-state index >= 15 is 0 Å². The highest BCUT2D eigenvalue weighted by Crippen LogP contribution is 2.32. The SMILES string of the molecule is CCCCc1cc2c(cc1CCC)N(C(=O)OCC)CCC2. The van der Waals surface area contributed by atoms with E-state index in [9.17, 15) is 4.79 Å². The first-order chi connectivity index (χ1) is 10.7. The Hall–Kier alpha value is -1.51. The zero-order valence-electron chi connectivity index (χ0n) is 14.3. The molecule has 0 aliphatic carbocycles. The van der Waals surface area contributed by atoms with Gasteiger partial charge < -0.3 is 4.74 Å². The van der Waals surface area contributed by atoms with Gasteiger partial charge in [-0.2, -0.15) is 0 Å². The zero-order valence-corrected chi connectivity index (χ0v) is 14.3. The molecule has 1 heterocycles. The Morgan fingerprint density at radius 1 is 1.14 bits per heavy atom. The predicted octanol–water partition coefficient (Wildman–Crippen LogP) is 4.89. The molecular formula is C19H29NO2.